The first-order valence-corrected chi connectivity index (χ1v) is 8.84. The van der Waals surface area contributed by atoms with E-state index >= 15 is 0 Å². The summed E-state index contributed by atoms with van der Waals surface area (Å²) in [5.74, 6) is 0.772. The Balaban J connectivity index is 1.36. The monoisotopic (exact) mass is 320 g/mol. The van der Waals surface area contributed by atoms with Crippen molar-refractivity contribution in [2.75, 3.05) is 44.1 Å². The maximum absolute atomic E-state index is 8.21. The smallest absolute Gasteiger partial charge is 0.122 e. The normalized spacial score (nSPS) is 32.9. The van der Waals surface area contributed by atoms with Gasteiger partial charge in [0.15, 0.2) is 0 Å². The number of ether oxygens (including phenoxy) is 1. The molecule has 1 N–H and O–H groups in total. The Morgan fingerprint density at radius 3 is 2.57 bits per heavy atom. The number of likely N-dealkylation sites (tertiary alicyclic amines) is 1. The summed E-state index contributed by atoms with van der Waals surface area (Å²) in [6.07, 6.45) is 6.33. The minimum Gasteiger partial charge on any atom is -0.490 e. The van der Waals surface area contributed by atoms with Crippen LogP contribution in [0.1, 0.15) is 37.6 Å². The third-order valence-corrected chi connectivity index (χ3v) is 5.22. The average Bonchev–Trinajstić information content (AvgIpc) is 2.62. The molecule has 2 saturated heterocycles. The maximum atomic E-state index is 8.21. The molecule has 3 aliphatic rings. The van der Waals surface area contributed by atoms with E-state index in [2.05, 4.69) is 4.90 Å². The summed E-state index contributed by atoms with van der Waals surface area (Å²) in [4.78, 5) is 3.99. The summed E-state index contributed by atoms with van der Waals surface area (Å²) in [6, 6.07) is 8.04. The fourth-order valence-electron chi connectivity index (χ4n) is 3.56. The van der Waals surface area contributed by atoms with E-state index in [1.54, 1.807) is 12.1 Å². The lowest BCUT2D eigenvalue weighted by Crippen LogP contribution is -2.46. The first kappa shape index (κ1) is 10.6. The van der Waals surface area contributed by atoms with E-state index in [1.165, 1.54) is 24.2 Å². The van der Waals surface area contributed by atoms with Gasteiger partial charge in [-0.2, -0.15) is 0 Å². The number of nitrogens with zero attached hydrogens (tertiary/aromatic N) is 2. The molecule has 1 aliphatic carbocycles. The fraction of sp³-hybridized carbons (Fsp3) is 0.684. The van der Waals surface area contributed by atoms with Crippen LogP contribution in [0.2, 0.25) is 1.41 Å². The Bertz CT molecular complexity index is 675. The third kappa shape index (κ3) is 3.64. The number of benzene rings is 1. The lowest BCUT2D eigenvalue weighted by molar-refractivity contribution is 0.0493. The summed E-state index contributed by atoms with van der Waals surface area (Å²) in [7, 11) is 0. The van der Waals surface area contributed by atoms with E-state index in [0.717, 1.165) is 37.7 Å². The van der Waals surface area contributed by atoms with Crippen LogP contribution in [0.3, 0.4) is 0 Å². The summed E-state index contributed by atoms with van der Waals surface area (Å²) in [6.45, 7) is -2.07. The van der Waals surface area contributed by atoms with E-state index in [0.29, 0.717) is 11.0 Å². The van der Waals surface area contributed by atoms with Crippen LogP contribution in [0.15, 0.2) is 24.3 Å². The van der Waals surface area contributed by atoms with Gasteiger partial charge in [-0.1, -0.05) is 6.42 Å². The van der Waals surface area contributed by atoms with Crippen molar-refractivity contribution >= 4 is 5.69 Å². The van der Waals surface area contributed by atoms with Gasteiger partial charge in [0.05, 0.1) is 2.74 Å². The molecule has 1 saturated carbocycles. The van der Waals surface area contributed by atoms with Crippen LogP contribution in [0, 0.1) is 0 Å². The SMILES string of the molecule is [2H]N1CCN(c2ccc(OC3CCN(C4CCC4)CC3)cc2)C([2H])([2H])C1([2H])[2H]. The number of rotatable bonds is 4. The molecule has 1 aromatic rings. The topological polar surface area (TPSA) is 27.7 Å². The second-order valence-corrected chi connectivity index (χ2v) is 6.69. The van der Waals surface area contributed by atoms with Gasteiger partial charge in [-0.25, -0.2) is 0 Å². The van der Waals surface area contributed by atoms with Crippen molar-refractivity contribution in [1.29, 1.82) is 0 Å². The highest BCUT2D eigenvalue weighted by Crippen LogP contribution is 2.29. The molecular formula is C19H29N3O. The molecule has 23 heavy (non-hydrogen) atoms. The number of hydrogen-bond acceptors (Lipinski definition) is 4. The van der Waals surface area contributed by atoms with Crippen molar-refractivity contribution in [3.63, 3.8) is 0 Å². The van der Waals surface area contributed by atoms with Crippen LogP contribution >= 0.6 is 0 Å². The molecule has 0 spiro atoms. The Hall–Kier alpha value is -1.26. The quantitative estimate of drug-likeness (QED) is 0.922. The van der Waals surface area contributed by atoms with E-state index in [9.17, 15) is 0 Å². The Morgan fingerprint density at radius 1 is 1.09 bits per heavy atom. The van der Waals surface area contributed by atoms with Crippen molar-refractivity contribution in [3.8, 4) is 5.75 Å². The molecule has 2 heterocycles. The van der Waals surface area contributed by atoms with E-state index < -0.39 is 13.0 Å². The molecule has 0 aromatic heterocycles. The molecule has 0 atom stereocenters. The highest BCUT2D eigenvalue weighted by molar-refractivity contribution is 5.49. The largest absolute Gasteiger partial charge is 0.490 e. The molecule has 126 valence electrons. The molecule has 0 amide bonds. The number of piperazine rings is 1. The van der Waals surface area contributed by atoms with Gasteiger partial charge in [-0.3, -0.25) is 0 Å². The highest BCUT2D eigenvalue weighted by Gasteiger charge is 2.29. The van der Waals surface area contributed by atoms with Gasteiger partial charge in [0.1, 0.15) is 13.3 Å². The van der Waals surface area contributed by atoms with Gasteiger partial charge >= 0.3 is 0 Å². The van der Waals surface area contributed by atoms with Crippen molar-refractivity contribution < 1.29 is 11.6 Å². The maximum Gasteiger partial charge on any atom is 0.122 e. The summed E-state index contributed by atoms with van der Waals surface area (Å²) >= 11 is 0. The van der Waals surface area contributed by atoms with Crippen LogP contribution in [0.5, 0.6) is 5.75 Å². The van der Waals surface area contributed by atoms with E-state index in [1.807, 2.05) is 12.1 Å². The third-order valence-electron chi connectivity index (χ3n) is 5.22. The standard InChI is InChI=1S/C19H29N3O/c1-2-16(3-1)21-12-8-19(9-13-21)23-18-6-4-17(5-7-18)22-14-10-20-11-15-22/h4-7,16,19-20H,1-3,8-15H2/i10D2,14D2/hD. The van der Waals surface area contributed by atoms with Gasteiger partial charge in [0.2, 0.25) is 0 Å². The summed E-state index contributed by atoms with van der Waals surface area (Å²) in [5, 5.41) is 0.691. The predicted octanol–water partition coefficient (Wildman–Crippen LogP) is 2.49. The fourth-order valence-corrected chi connectivity index (χ4v) is 3.56. The molecule has 1 aromatic carbocycles. The summed E-state index contributed by atoms with van der Waals surface area (Å²) < 4.78 is 46.1. The number of piperidine rings is 1. The van der Waals surface area contributed by atoms with Crippen LogP contribution in [0.25, 0.3) is 0 Å². The van der Waals surface area contributed by atoms with Crippen LogP contribution in [-0.2, 0) is 0 Å². The van der Waals surface area contributed by atoms with Gasteiger partial charge in [0.25, 0.3) is 0 Å². The van der Waals surface area contributed by atoms with Crippen molar-refractivity contribution in [1.82, 2.24) is 10.2 Å². The zero-order valence-corrected chi connectivity index (χ0v) is 13.6. The minimum absolute atomic E-state index is 0.143. The molecule has 0 radical (unpaired) electrons. The number of hydrogen-bond donors (Lipinski definition) is 1. The average molecular weight is 320 g/mol. The molecule has 0 bridgehead atoms. The zero-order chi connectivity index (χ0) is 19.9. The van der Waals surface area contributed by atoms with Crippen LogP contribution < -0.4 is 14.9 Å². The van der Waals surface area contributed by atoms with E-state index in [-0.39, 0.29) is 19.2 Å². The molecular weight excluding hydrogens is 286 g/mol. The van der Waals surface area contributed by atoms with Crippen molar-refractivity contribution in [3.05, 3.63) is 24.3 Å². The van der Waals surface area contributed by atoms with E-state index in [4.69, 9.17) is 11.6 Å². The Morgan fingerprint density at radius 2 is 1.87 bits per heavy atom. The predicted molar refractivity (Wildman–Crippen MR) is 94.4 cm³/mol. The lowest BCUT2D eigenvalue weighted by Gasteiger charge is -2.41. The zero-order valence-electron chi connectivity index (χ0n) is 18.6. The van der Waals surface area contributed by atoms with Gasteiger partial charge in [-0.05, 0) is 49.9 Å². The number of nitrogens with one attached hydrogen (secondary N) is 1. The summed E-state index contributed by atoms with van der Waals surface area (Å²) in [5.41, 5.74) is 0.606. The second kappa shape index (κ2) is 7.10. The van der Waals surface area contributed by atoms with Gasteiger partial charge in [0, 0.05) is 53.6 Å². The van der Waals surface area contributed by atoms with Crippen LogP contribution in [0.4, 0.5) is 5.69 Å². The molecule has 4 heteroatoms. The molecule has 4 nitrogen and oxygen atoms in total. The van der Waals surface area contributed by atoms with Gasteiger partial charge < -0.3 is 19.8 Å². The first-order chi connectivity index (χ1) is 13.3. The Kier molecular flexibility index (Phi) is 3.26. The second-order valence-electron chi connectivity index (χ2n) is 6.69. The Labute approximate surface area is 146 Å². The van der Waals surface area contributed by atoms with Crippen LogP contribution in [-0.4, -0.2) is 56.2 Å². The number of anilines is 1. The highest BCUT2D eigenvalue weighted by atomic mass is 16.5. The van der Waals surface area contributed by atoms with Crippen molar-refractivity contribution in [2.24, 2.45) is 0 Å². The molecule has 0 unspecified atom stereocenters. The van der Waals surface area contributed by atoms with Crippen molar-refractivity contribution in [2.45, 2.75) is 44.2 Å². The minimum atomic E-state index is -2.38. The first-order valence-electron chi connectivity index (χ1n) is 11.3. The lowest BCUT2D eigenvalue weighted by atomic mass is 9.90. The molecule has 2 aliphatic heterocycles. The van der Waals surface area contributed by atoms with Gasteiger partial charge in [-0.15, -0.1) is 0 Å². The molecule has 3 fully saturated rings. The molecule has 4 rings (SSSR count).